The van der Waals surface area contributed by atoms with Crippen LogP contribution in [0.15, 0.2) is 42.7 Å². The lowest BCUT2D eigenvalue weighted by molar-refractivity contribution is -0.000826. The molecule has 0 aliphatic carbocycles. The van der Waals surface area contributed by atoms with Gasteiger partial charge in [-0.05, 0) is 35.4 Å². The summed E-state index contributed by atoms with van der Waals surface area (Å²) < 4.78 is 1.59. The van der Waals surface area contributed by atoms with Gasteiger partial charge in [0.2, 0.25) is 6.35 Å². The Morgan fingerprint density at radius 1 is 0.900 bits per heavy atom. The molecule has 4 rings (SSSR count). The number of benzene rings is 2. The number of nitrogens with zero attached hydrogens (tertiary/aromatic N) is 4. The van der Waals surface area contributed by atoms with Crippen LogP contribution in [0.5, 0.6) is 23.0 Å². The van der Waals surface area contributed by atoms with Gasteiger partial charge in [0.05, 0.1) is 12.9 Å². The maximum atomic E-state index is 13.2. The van der Waals surface area contributed by atoms with Crippen molar-refractivity contribution in [3.8, 4) is 23.0 Å². The number of carbonyl (C=O) groups excluding carboxylic acids is 1. The molecule has 0 spiro atoms. The number of hydrogen-bond donors (Lipinski definition) is 5. The summed E-state index contributed by atoms with van der Waals surface area (Å²) in [6, 6.07) is 8.54. The van der Waals surface area contributed by atoms with Crippen LogP contribution in [-0.2, 0) is 13.1 Å². The highest BCUT2D eigenvalue weighted by Gasteiger charge is 2.38. The fourth-order valence-corrected chi connectivity index (χ4v) is 3.41. The standard InChI is InChI=1S/C20H20N4O6/c1-22-18-17(23(10-21-18)8-11-2-4-13(25)15(27)6-11)19(29)24(20(22)30)9-12-3-5-14(26)16(28)7-12/h2-7,10,20,25-28,30H,8-9H2,1H3. The van der Waals surface area contributed by atoms with Gasteiger partial charge in [-0.1, -0.05) is 12.1 Å². The quantitative estimate of drug-likeness (QED) is 0.401. The number of aliphatic hydroxyl groups is 1. The van der Waals surface area contributed by atoms with Gasteiger partial charge in [0.25, 0.3) is 5.91 Å². The molecule has 0 radical (unpaired) electrons. The van der Waals surface area contributed by atoms with E-state index in [2.05, 4.69) is 4.98 Å². The molecule has 0 saturated heterocycles. The predicted octanol–water partition coefficient (Wildman–Crippen LogP) is 1.12. The van der Waals surface area contributed by atoms with E-state index in [-0.39, 0.29) is 41.8 Å². The number of amides is 1. The molecule has 10 heteroatoms. The highest BCUT2D eigenvalue weighted by molar-refractivity contribution is 5.99. The Labute approximate surface area is 171 Å². The van der Waals surface area contributed by atoms with Crippen LogP contribution in [-0.4, -0.2) is 59.3 Å². The van der Waals surface area contributed by atoms with E-state index in [0.29, 0.717) is 16.9 Å². The Morgan fingerprint density at radius 3 is 2.03 bits per heavy atom. The molecular weight excluding hydrogens is 392 g/mol. The first-order valence-electron chi connectivity index (χ1n) is 9.05. The van der Waals surface area contributed by atoms with Crippen LogP contribution in [0.2, 0.25) is 0 Å². The van der Waals surface area contributed by atoms with Crippen molar-refractivity contribution in [3.05, 3.63) is 59.5 Å². The minimum absolute atomic E-state index is 0.0111. The van der Waals surface area contributed by atoms with E-state index < -0.39 is 12.3 Å². The third-order valence-corrected chi connectivity index (χ3v) is 5.03. The topological polar surface area (TPSA) is 143 Å². The third kappa shape index (κ3) is 3.22. The van der Waals surface area contributed by atoms with Crippen molar-refractivity contribution in [1.82, 2.24) is 14.5 Å². The smallest absolute Gasteiger partial charge is 0.278 e. The van der Waals surface area contributed by atoms with Gasteiger partial charge in [0.15, 0.2) is 34.5 Å². The number of aromatic nitrogens is 2. The van der Waals surface area contributed by atoms with Crippen LogP contribution in [0.25, 0.3) is 0 Å². The highest BCUT2D eigenvalue weighted by atomic mass is 16.3. The SMILES string of the molecule is CN1c2ncn(Cc3ccc(O)c(O)c3)c2C(=O)N(Cc2ccc(O)c(O)c2)C1O. The molecule has 0 fully saturated rings. The minimum atomic E-state index is -1.28. The maximum Gasteiger partial charge on any atom is 0.278 e. The zero-order valence-corrected chi connectivity index (χ0v) is 16.0. The molecule has 1 unspecified atom stereocenters. The fourth-order valence-electron chi connectivity index (χ4n) is 3.41. The van der Waals surface area contributed by atoms with E-state index in [9.17, 15) is 30.3 Å². The normalized spacial score (nSPS) is 16.1. The molecule has 0 bridgehead atoms. The van der Waals surface area contributed by atoms with Crippen molar-refractivity contribution < 1.29 is 30.3 Å². The number of imidazole rings is 1. The zero-order chi connectivity index (χ0) is 21.6. The Hall–Kier alpha value is -3.92. The van der Waals surface area contributed by atoms with E-state index in [4.69, 9.17) is 0 Å². The molecule has 156 valence electrons. The number of phenolic OH excluding ortho intramolecular Hbond substituents is 4. The summed E-state index contributed by atoms with van der Waals surface area (Å²) >= 11 is 0. The summed E-state index contributed by atoms with van der Waals surface area (Å²) in [7, 11) is 1.60. The fraction of sp³-hybridized carbons (Fsp3) is 0.200. The second-order valence-electron chi connectivity index (χ2n) is 7.08. The van der Waals surface area contributed by atoms with Gasteiger partial charge in [-0.15, -0.1) is 0 Å². The average molecular weight is 412 g/mol. The van der Waals surface area contributed by atoms with Gasteiger partial charge in [-0.2, -0.15) is 0 Å². The number of hydrogen-bond acceptors (Lipinski definition) is 8. The largest absolute Gasteiger partial charge is 0.504 e. The van der Waals surface area contributed by atoms with E-state index >= 15 is 0 Å². The summed E-state index contributed by atoms with van der Waals surface area (Å²) in [5, 5.41) is 49.0. The molecule has 1 aliphatic heterocycles. The monoisotopic (exact) mass is 412 g/mol. The van der Waals surface area contributed by atoms with Crippen molar-refractivity contribution in [1.29, 1.82) is 0 Å². The molecule has 2 aromatic carbocycles. The van der Waals surface area contributed by atoms with Gasteiger partial charge in [-0.3, -0.25) is 9.69 Å². The molecule has 1 atom stereocenters. The first kappa shape index (κ1) is 19.4. The van der Waals surface area contributed by atoms with Crippen LogP contribution in [0.4, 0.5) is 5.82 Å². The van der Waals surface area contributed by atoms with Crippen LogP contribution in [0, 0.1) is 0 Å². The number of phenols is 4. The molecule has 2 heterocycles. The third-order valence-electron chi connectivity index (χ3n) is 5.03. The summed E-state index contributed by atoms with van der Waals surface area (Å²) in [6.07, 6.45) is 0.188. The van der Waals surface area contributed by atoms with Gasteiger partial charge in [0.1, 0.15) is 0 Å². The molecular formula is C20H20N4O6. The number of rotatable bonds is 4. The Kier molecular flexibility index (Phi) is 4.63. The Morgan fingerprint density at radius 2 is 1.47 bits per heavy atom. The number of aromatic hydroxyl groups is 4. The van der Waals surface area contributed by atoms with E-state index in [1.165, 1.54) is 40.4 Å². The average Bonchev–Trinajstić information content (AvgIpc) is 3.13. The molecule has 0 saturated carbocycles. The lowest BCUT2D eigenvalue weighted by Crippen LogP contribution is -2.53. The first-order chi connectivity index (χ1) is 14.3. The van der Waals surface area contributed by atoms with Gasteiger partial charge >= 0.3 is 0 Å². The molecule has 10 nitrogen and oxygen atoms in total. The number of carbonyl (C=O) groups is 1. The van der Waals surface area contributed by atoms with Gasteiger partial charge in [0, 0.05) is 13.6 Å². The number of fused-ring (bicyclic) bond motifs is 1. The van der Waals surface area contributed by atoms with Crippen molar-refractivity contribution in [2.24, 2.45) is 0 Å². The first-order valence-corrected chi connectivity index (χ1v) is 9.05. The summed E-state index contributed by atoms with van der Waals surface area (Å²) in [5.41, 5.74) is 1.41. The lowest BCUT2D eigenvalue weighted by Gasteiger charge is -2.38. The van der Waals surface area contributed by atoms with Crippen molar-refractivity contribution in [2.45, 2.75) is 19.4 Å². The summed E-state index contributed by atoms with van der Waals surface area (Å²) in [5.74, 6) is -1.27. The Balaban J connectivity index is 1.66. The number of anilines is 1. The van der Waals surface area contributed by atoms with E-state index in [1.807, 2.05) is 0 Å². The van der Waals surface area contributed by atoms with E-state index in [1.54, 1.807) is 23.7 Å². The molecule has 3 aromatic rings. The maximum absolute atomic E-state index is 13.2. The van der Waals surface area contributed by atoms with Gasteiger partial charge in [-0.25, -0.2) is 4.98 Å². The second-order valence-corrected chi connectivity index (χ2v) is 7.08. The predicted molar refractivity (Wildman–Crippen MR) is 105 cm³/mol. The summed E-state index contributed by atoms with van der Waals surface area (Å²) in [6.45, 7) is 0.197. The lowest BCUT2D eigenvalue weighted by atomic mass is 10.1. The van der Waals surface area contributed by atoms with Crippen LogP contribution in [0.1, 0.15) is 21.6 Å². The molecule has 30 heavy (non-hydrogen) atoms. The van der Waals surface area contributed by atoms with Crippen molar-refractivity contribution in [2.75, 3.05) is 11.9 Å². The summed E-state index contributed by atoms with van der Waals surface area (Å²) in [4.78, 5) is 20.1. The second kappa shape index (κ2) is 7.16. The Bertz CT molecular complexity index is 1130. The number of aliphatic hydroxyl groups excluding tert-OH is 1. The zero-order valence-electron chi connectivity index (χ0n) is 16.0. The highest BCUT2D eigenvalue weighted by Crippen LogP contribution is 2.32. The molecule has 5 N–H and O–H groups in total. The minimum Gasteiger partial charge on any atom is -0.504 e. The molecule has 1 aromatic heterocycles. The van der Waals surface area contributed by atoms with Crippen LogP contribution >= 0.6 is 0 Å². The molecule has 1 amide bonds. The van der Waals surface area contributed by atoms with Crippen molar-refractivity contribution in [3.63, 3.8) is 0 Å². The van der Waals surface area contributed by atoms with Crippen LogP contribution in [0.3, 0.4) is 0 Å². The molecule has 1 aliphatic rings. The van der Waals surface area contributed by atoms with E-state index in [0.717, 1.165) is 0 Å². The van der Waals surface area contributed by atoms with Crippen LogP contribution < -0.4 is 4.90 Å². The van der Waals surface area contributed by atoms with Crippen molar-refractivity contribution >= 4 is 11.7 Å². The van der Waals surface area contributed by atoms with Gasteiger partial charge < -0.3 is 35.0 Å².